The molecule has 0 unspecified atom stereocenters. The molecule has 0 aliphatic heterocycles. The summed E-state index contributed by atoms with van der Waals surface area (Å²) in [5.74, 6) is 0.426. The summed E-state index contributed by atoms with van der Waals surface area (Å²) in [7, 11) is 0. The second-order valence-corrected chi connectivity index (χ2v) is 3.99. The number of aliphatic hydroxyl groups is 1. The van der Waals surface area contributed by atoms with Gasteiger partial charge in [-0.1, -0.05) is 24.3 Å². The van der Waals surface area contributed by atoms with Crippen molar-refractivity contribution in [2.45, 2.75) is 13.2 Å². The zero-order chi connectivity index (χ0) is 13.5. The number of carbonyl (C=O) groups excluding carboxylic acids is 1. The molecule has 0 fully saturated rings. The minimum atomic E-state index is -0.204. The molecule has 1 aromatic carbocycles. The van der Waals surface area contributed by atoms with Gasteiger partial charge in [-0.25, -0.2) is 0 Å². The van der Waals surface area contributed by atoms with Gasteiger partial charge in [0.2, 0.25) is 5.91 Å². The van der Waals surface area contributed by atoms with Crippen LogP contribution in [0.15, 0.2) is 53.2 Å². The Labute approximate surface area is 111 Å². The van der Waals surface area contributed by atoms with Crippen LogP contribution in [-0.2, 0) is 17.9 Å². The molecular weight excluding hydrogens is 242 g/mol. The maximum atomic E-state index is 11.6. The third-order valence-corrected chi connectivity index (χ3v) is 2.68. The predicted octanol–water partition coefficient (Wildman–Crippen LogP) is 2.10. The Balaban J connectivity index is 1.90. The van der Waals surface area contributed by atoms with Crippen LogP contribution in [0.4, 0.5) is 0 Å². The molecule has 2 N–H and O–H groups in total. The summed E-state index contributed by atoms with van der Waals surface area (Å²) in [4.78, 5) is 11.6. The number of amides is 1. The van der Waals surface area contributed by atoms with Crippen molar-refractivity contribution in [3.05, 3.63) is 65.6 Å². The van der Waals surface area contributed by atoms with Crippen LogP contribution in [0.5, 0.6) is 0 Å². The van der Waals surface area contributed by atoms with E-state index in [0.717, 1.165) is 11.1 Å². The van der Waals surface area contributed by atoms with Gasteiger partial charge < -0.3 is 14.8 Å². The number of aliphatic hydroxyl groups excluding tert-OH is 1. The third kappa shape index (κ3) is 3.82. The number of nitrogens with one attached hydrogen (secondary N) is 1. The lowest BCUT2D eigenvalue weighted by atomic mass is 10.1. The van der Waals surface area contributed by atoms with E-state index >= 15 is 0 Å². The Morgan fingerprint density at radius 3 is 2.68 bits per heavy atom. The van der Waals surface area contributed by atoms with Gasteiger partial charge in [-0.05, 0) is 29.3 Å². The molecule has 1 aromatic heterocycles. The van der Waals surface area contributed by atoms with Gasteiger partial charge in [0.05, 0.1) is 12.9 Å². The van der Waals surface area contributed by atoms with Crippen molar-refractivity contribution in [2.75, 3.05) is 0 Å². The summed E-state index contributed by atoms with van der Waals surface area (Å²) in [5, 5.41) is 11.9. The molecule has 0 atom stereocenters. The quantitative estimate of drug-likeness (QED) is 0.806. The minimum Gasteiger partial charge on any atom is -0.465 e. The monoisotopic (exact) mass is 257 g/mol. The molecule has 0 radical (unpaired) electrons. The Bertz CT molecular complexity index is 559. The largest absolute Gasteiger partial charge is 0.465 e. The zero-order valence-electron chi connectivity index (χ0n) is 10.4. The molecule has 0 saturated heterocycles. The van der Waals surface area contributed by atoms with Crippen LogP contribution < -0.4 is 5.32 Å². The second kappa shape index (κ2) is 6.56. The molecule has 0 spiro atoms. The van der Waals surface area contributed by atoms with Crippen molar-refractivity contribution < 1.29 is 14.3 Å². The van der Waals surface area contributed by atoms with Crippen LogP contribution >= 0.6 is 0 Å². The number of carbonyl (C=O) groups is 1. The number of hydrogen-bond donors (Lipinski definition) is 2. The first-order valence-electron chi connectivity index (χ1n) is 5.96. The van der Waals surface area contributed by atoms with E-state index in [2.05, 4.69) is 5.32 Å². The summed E-state index contributed by atoms with van der Waals surface area (Å²) in [6.07, 6.45) is 4.57. The fraction of sp³-hybridized carbons (Fsp3) is 0.133. The maximum Gasteiger partial charge on any atom is 0.244 e. The first-order valence-corrected chi connectivity index (χ1v) is 5.96. The molecule has 0 bridgehead atoms. The number of benzene rings is 1. The summed E-state index contributed by atoms with van der Waals surface area (Å²) in [6, 6.07) is 11.0. The molecule has 0 aliphatic carbocycles. The predicted molar refractivity (Wildman–Crippen MR) is 72.0 cm³/mol. The van der Waals surface area contributed by atoms with Crippen molar-refractivity contribution in [3.63, 3.8) is 0 Å². The fourth-order valence-electron chi connectivity index (χ4n) is 1.67. The van der Waals surface area contributed by atoms with E-state index in [-0.39, 0.29) is 12.5 Å². The highest BCUT2D eigenvalue weighted by Gasteiger charge is 2.02. The van der Waals surface area contributed by atoms with Gasteiger partial charge in [-0.15, -0.1) is 0 Å². The first-order chi connectivity index (χ1) is 9.29. The van der Waals surface area contributed by atoms with Gasteiger partial charge in [-0.3, -0.25) is 4.79 Å². The smallest absolute Gasteiger partial charge is 0.244 e. The molecule has 98 valence electrons. The molecule has 4 heteroatoms. The first kappa shape index (κ1) is 13.1. The zero-order valence-corrected chi connectivity index (χ0v) is 10.4. The van der Waals surface area contributed by atoms with Gasteiger partial charge in [0, 0.05) is 12.6 Å². The van der Waals surface area contributed by atoms with E-state index in [9.17, 15) is 9.90 Å². The molecule has 19 heavy (non-hydrogen) atoms. The van der Waals surface area contributed by atoms with E-state index < -0.39 is 0 Å². The number of rotatable bonds is 5. The van der Waals surface area contributed by atoms with Crippen molar-refractivity contribution in [1.82, 2.24) is 5.32 Å². The van der Waals surface area contributed by atoms with E-state index in [0.29, 0.717) is 12.3 Å². The van der Waals surface area contributed by atoms with Crippen molar-refractivity contribution >= 4 is 12.0 Å². The number of furan rings is 1. The van der Waals surface area contributed by atoms with E-state index in [4.69, 9.17) is 4.42 Å². The molecule has 4 nitrogen and oxygen atoms in total. The average Bonchev–Trinajstić information content (AvgIpc) is 2.96. The lowest BCUT2D eigenvalue weighted by Gasteiger charge is -2.07. The van der Waals surface area contributed by atoms with Crippen molar-refractivity contribution in [2.24, 2.45) is 0 Å². The highest BCUT2D eigenvalue weighted by atomic mass is 16.3. The van der Waals surface area contributed by atoms with E-state index in [1.807, 2.05) is 24.3 Å². The Hall–Kier alpha value is -2.33. The molecule has 0 saturated carbocycles. The van der Waals surface area contributed by atoms with Crippen LogP contribution in [0, 0.1) is 0 Å². The Kier molecular flexibility index (Phi) is 4.53. The van der Waals surface area contributed by atoms with Crippen LogP contribution in [0.2, 0.25) is 0 Å². The number of hydrogen-bond acceptors (Lipinski definition) is 3. The summed E-state index contributed by atoms with van der Waals surface area (Å²) in [6.45, 7) is 0.354. The second-order valence-electron chi connectivity index (χ2n) is 3.99. The molecule has 1 heterocycles. The topological polar surface area (TPSA) is 62.5 Å². The lowest BCUT2D eigenvalue weighted by Crippen LogP contribution is -2.21. The normalized spacial score (nSPS) is 10.8. The SMILES string of the molecule is O=C(/C=C/c1ccco1)NCc1ccccc1CO. The van der Waals surface area contributed by atoms with Crippen molar-refractivity contribution in [3.8, 4) is 0 Å². The highest BCUT2D eigenvalue weighted by Crippen LogP contribution is 2.08. The molecule has 2 aromatic rings. The van der Waals surface area contributed by atoms with E-state index in [1.54, 1.807) is 24.5 Å². The van der Waals surface area contributed by atoms with Crippen molar-refractivity contribution in [1.29, 1.82) is 0 Å². The molecule has 0 aliphatic rings. The third-order valence-electron chi connectivity index (χ3n) is 2.68. The van der Waals surface area contributed by atoms with Gasteiger partial charge in [0.25, 0.3) is 0 Å². The molecular formula is C15H15NO3. The van der Waals surface area contributed by atoms with E-state index in [1.165, 1.54) is 6.08 Å². The molecule has 2 rings (SSSR count). The van der Waals surface area contributed by atoms with Crippen LogP contribution in [0.3, 0.4) is 0 Å². The standard InChI is InChI=1S/C15H15NO3/c17-11-13-5-2-1-4-12(13)10-16-15(18)8-7-14-6-3-9-19-14/h1-9,17H,10-11H2,(H,16,18)/b8-7+. The van der Waals surface area contributed by atoms with Gasteiger partial charge in [0.15, 0.2) is 0 Å². The molecule has 1 amide bonds. The fourth-order valence-corrected chi connectivity index (χ4v) is 1.67. The maximum absolute atomic E-state index is 11.6. The van der Waals surface area contributed by atoms with Gasteiger partial charge in [-0.2, -0.15) is 0 Å². The van der Waals surface area contributed by atoms with Gasteiger partial charge in [0.1, 0.15) is 5.76 Å². The minimum absolute atomic E-state index is 0.0335. The highest BCUT2D eigenvalue weighted by molar-refractivity contribution is 5.91. The lowest BCUT2D eigenvalue weighted by molar-refractivity contribution is -0.116. The van der Waals surface area contributed by atoms with Crippen LogP contribution in [0.25, 0.3) is 6.08 Å². The summed E-state index contributed by atoms with van der Waals surface area (Å²) >= 11 is 0. The summed E-state index contributed by atoms with van der Waals surface area (Å²) < 4.78 is 5.08. The van der Waals surface area contributed by atoms with Crippen LogP contribution in [0.1, 0.15) is 16.9 Å². The van der Waals surface area contributed by atoms with Gasteiger partial charge >= 0.3 is 0 Å². The Morgan fingerprint density at radius 1 is 1.21 bits per heavy atom. The van der Waals surface area contributed by atoms with Crippen LogP contribution in [-0.4, -0.2) is 11.0 Å². The summed E-state index contributed by atoms with van der Waals surface area (Å²) in [5.41, 5.74) is 1.72. The average molecular weight is 257 g/mol. The Morgan fingerprint density at radius 2 is 2.00 bits per heavy atom.